The van der Waals surface area contributed by atoms with Gasteiger partial charge in [-0.25, -0.2) is 5.48 Å². The van der Waals surface area contributed by atoms with Crippen molar-refractivity contribution in [3.05, 3.63) is 37.2 Å². The van der Waals surface area contributed by atoms with Gasteiger partial charge in [-0.1, -0.05) is 40.7 Å². The molecule has 0 aliphatic heterocycles. The minimum atomic E-state index is -0.839. The lowest BCUT2D eigenvalue weighted by atomic mass is 9.80. The number of nitrogens with zero attached hydrogens (tertiary/aromatic N) is 1. The third-order valence-corrected chi connectivity index (χ3v) is 4.78. The van der Waals surface area contributed by atoms with E-state index in [4.69, 9.17) is 5.21 Å². The van der Waals surface area contributed by atoms with Crippen molar-refractivity contribution >= 4 is 23.4 Å². The first kappa shape index (κ1) is 25.3. The van der Waals surface area contributed by atoms with Gasteiger partial charge in [0.15, 0.2) is 0 Å². The summed E-state index contributed by atoms with van der Waals surface area (Å²) in [6.45, 7) is 13.1. The maximum atomic E-state index is 13.2. The number of hydroxylamine groups is 1. The van der Waals surface area contributed by atoms with Crippen LogP contribution in [0.2, 0.25) is 0 Å². The molecule has 1 unspecified atom stereocenters. The lowest BCUT2D eigenvalue weighted by Crippen LogP contribution is -2.54. The van der Waals surface area contributed by atoms with Gasteiger partial charge in [0.1, 0.15) is 6.04 Å². The number of carbonyl (C=O) groups is 3. The zero-order valence-corrected chi connectivity index (χ0v) is 18.4. The van der Waals surface area contributed by atoms with Crippen LogP contribution in [0.15, 0.2) is 37.2 Å². The van der Waals surface area contributed by atoms with Crippen LogP contribution in [-0.2, 0) is 14.4 Å². The van der Waals surface area contributed by atoms with Gasteiger partial charge in [0.2, 0.25) is 17.7 Å². The van der Waals surface area contributed by atoms with Crippen molar-refractivity contribution in [1.82, 2.24) is 15.8 Å². The molecule has 1 rings (SSSR count). The number of aromatic nitrogens is 1. The minimum absolute atomic E-state index is 0.123. The molecule has 0 bridgehead atoms. The van der Waals surface area contributed by atoms with Crippen molar-refractivity contribution in [3.63, 3.8) is 0 Å². The number of carbonyl (C=O) groups excluding carboxylic acids is 3. The second-order valence-corrected chi connectivity index (χ2v) is 8.88. The molecule has 0 aromatic carbocycles. The van der Waals surface area contributed by atoms with Crippen LogP contribution in [0.3, 0.4) is 0 Å². The summed E-state index contributed by atoms with van der Waals surface area (Å²) in [5.41, 5.74) is 1.64. The van der Waals surface area contributed by atoms with Gasteiger partial charge in [-0.15, -0.1) is 6.58 Å². The number of allylic oxidation sites excluding steroid dienone is 1. The maximum absolute atomic E-state index is 13.2. The standard InChI is InChI=1S/C22H34N4O4/c1-7-8-16(20(28)26-30)17(13-14(2)3)19(27)25-18(22(4,5)6)21(29)24-15-9-11-23-12-10-15/h7,9-12,14,16-18,30H,1,8,13H2,2-6H3,(H,25,27)(H,26,28)(H,23,24,29)/t16-,17+,18?/m0/s1. The van der Waals surface area contributed by atoms with E-state index in [9.17, 15) is 14.4 Å². The molecule has 1 aromatic heterocycles. The highest BCUT2D eigenvalue weighted by Crippen LogP contribution is 2.27. The van der Waals surface area contributed by atoms with Gasteiger partial charge in [0.05, 0.1) is 11.8 Å². The molecule has 0 saturated carbocycles. The molecule has 1 heterocycles. The Bertz CT molecular complexity index is 728. The van der Waals surface area contributed by atoms with Crippen LogP contribution < -0.4 is 16.1 Å². The highest BCUT2D eigenvalue weighted by atomic mass is 16.5. The molecule has 3 atom stereocenters. The smallest absolute Gasteiger partial charge is 0.247 e. The fourth-order valence-electron chi connectivity index (χ4n) is 3.25. The average Bonchev–Trinajstić information content (AvgIpc) is 2.67. The number of nitrogens with one attached hydrogen (secondary N) is 3. The first-order valence-electron chi connectivity index (χ1n) is 10.1. The lowest BCUT2D eigenvalue weighted by Gasteiger charge is -2.33. The molecular weight excluding hydrogens is 384 g/mol. The summed E-state index contributed by atoms with van der Waals surface area (Å²) in [5, 5.41) is 14.8. The van der Waals surface area contributed by atoms with Gasteiger partial charge in [-0.3, -0.25) is 24.6 Å². The van der Waals surface area contributed by atoms with Crippen molar-refractivity contribution in [2.24, 2.45) is 23.2 Å². The summed E-state index contributed by atoms with van der Waals surface area (Å²) in [5.74, 6) is -2.82. The third-order valence-electron chi connectivity index (χ3n) is 4.78. The van der Waals surface area contributed by atoms with E-state index in [0.717, 1.165) is 0 Å². The summed E-state index contributed by atoms with van der Waals surface area (Å²) in [7, 11) is 0. The molecule has 8 nitrogen and oxygen atoms in total. The predicted octanol–water partition coefficient (Wildman–Crippen LogP) is 2.91. The van der Waals surface area contributed by atoms with Gasteiger partial charge in [-0.05, 0) is 36.3 Å². The largest absolute Gasteiger partial charge is 0.344 e. The summed E-state index contributed by atoms with van der Waals surface area (Å²) >= 11 is 0. The zero-order valence-electron chi connectivity index (χ0n) is 18.4. The SMILES string of the molecule is C=CC[C@H](C(=O)NO)[C@@H](CC(C)C)C(=O)NC(C(=O)Nc1ccncc1)C(C)(C)C. The zero-order chi connectivity index (χ0) is 22.9. The van der Waals surface area contributed by atoms with Crippen molar-refractivity contribution in [2.45, 2.75) is 53.5 Å². The molecule has 0 spiro atoms. The average molecular weight is 419 g/mol. The van der Waals surface area contributed by atoms with Crippen molar-refractivity contribution in [2.75, 3.05) is 5.32 Å². The fraction of sp³-hybridized carbons (Fsp3) is 0.545. The van der Waals surface area contributed by atoms with Crippen LogP contribution in [0, 0.1) is 23.2 Å². The maximum Gasteiger partial charge on any atom is 0.247 e. The highest BCUT2D eigenvalue weighted by Gasteiger charge is 2.38. The van der Waals surface area contributed by atoms with Crippen molar-refractivity contribution in [1.29, 1.82) is 0 Å². The first-order chi connectivity index (χ1) is 14.0. The molecular formula is C22H34N4O4. The number of rotatable bonds is 10. The molecule has 0 aliphatic carbocycles. The Labute approximate surface area is 178 Å². The van der Waals surface area contributed by atoms with Crippen LogP contribution in [0.5, 0.6) is 0 Å². The number of amides is 3. The van der Waals surface area contributed by atoms with Gasteiger partial charge in [-0.2, -0.15) is 0 Å². The second-order valence-electron chi connectivity index (χ2n) is 8.88. The second kappa shape index (κ2) is 11.4. The molecule has 0 aliphatic rings. The van der Waals surface area contributed by atoms with Gasteiger partial charge in [0, 0.05) is 18.1 Å². The normalized spacial score (nSPS) is 14.4. The molecule has 166 valence electrons. The first-order valence-corrected chi connectivity index (χ1v) is 10.1. The monoisotopic (exact) mass is 418 g/mol. The number of anilines is 1. The van der Waals surface area contributed by atoms with E-state index in [1.807, 2.05) is 34.6 Å². The van der Waals surface area contributed by atoms with Crippen LogP contribution in [0.1, 0.15) is 47.5 Å². The molecule has 4 N–H and O–H groups in total. The van der Waals surface area contributed by atoms with Gasteiger partial charge in [0.25, 0.3) is 0 Å². The Balaban J connectivity index is 3.14. The van der Waals surface area contributed by atoms with E-state index < -0.39 is 35.1 Å². The van der Waals surface area contributed by atoms with Crippen LogP contribution >= 0.6 is 0 Å². The summed E-state index contributed by atoms with van der Waals surface area (Å²) in [4.78, 5) is 42.3. The molecule has 0 fully saturated rings. The Kier molecular flexibility index (Phi) is 9.65. The van der Waals surface area contributed by atoms with Crippen molar-refractivity contribution in [3.8, 4) is 0 Å². The minimum Gasteiger partial charge on any atom is -0.344 e. The number of hydrogen-bond donors (Lipinski definition) is 4. The molecule has 8 heteroatoms. The predicted molar refractivity (Wildman–Crippen MR) is 115 cm³/mol. The third kappa shape index (κ3) is 7.59. The van der Waals surface area contributed by atoms with E-state index in [0.29, 0.717) is 12.1 Å². The molecule has 0 radical (unpaired) electrons. The topological polar surface area (TPSA) is 120 Å². The summed E-state index contributed by atoms with van der Waals surface area (Å²) in [6.07, 6.45) is 5.30. The molecule has 1 aromatic rings. The highest BCUT2D eigenvalue weighted by molar-refractivity contribution is 5.98. The van der Waals surface area contributed by atoms with E-state index in [1.165, 1.54) is 6.08 Å². The lowest BCUT2D eigenvalue weighted by molar-refractivity contribution is -0.141. The van der Waals surface area contributed by atoms with E-state index in [2.05, 4.69) is 22.2 Å². The fourth-order valence-corrected chi connectivity index (χ4v) is 3.25. The Hall–Kier alpha value is -2.74. The Morgan fingerprint density at radius 3 is 2.17 bits per heavy atom. The van der Waals surface area contributed by atoms with Crippen molar-refractivity contribution < 1.29 is 19.6 Å². The van der Waals surface area contributed by atoms with Gasteiger partial charge < -0.3 is 10.6 Å². The molecule has 3 amide bonds. The van der Waals surface area contributed by atoms with E-state index >= 15 is 0 Å². The molecule has 0 saturated heterocycles. The van der Waals surface area contributed by atoms with Crippen LogP contribution in [0.4, 0.5) is 5.69 Å². The van der Waals surface area contributed by atoms with E-state index in [1.54, 1.807) is 30.0 Å². The van der Waals surface area contributed by atoms with Crippen LogP contribution in [-0.4, -0.2) is 34.0 Å². The Morgan fingerprint density at radius 2 is 1.70 bits per heavy atom. The number of hydrogen-bond acceptors (Lipinski definition) is 5. The van der Waals surface area contributed by atoms with Gasteiger partial charge >= 0.3 is 0 Å². The Morgan fingerprint density at radius 1 is 1.10 bits per heavy atom. The van der Waals surface area contributed by atoms with Crippen LogP contribution in [0.25, 0.3) is 0 Å². The molecule has 30 heavy (non-hydrogen) atoms. The number of pyridine rings is 1. The summed E-state index contributed by atoms with van der Waals surface area (Å²) in [6, 6.07) is 2.48. The quantitative estimate of drug-likeness (QED) is 0.264. The van der Waals surface area contributed by atoms with E-state index in [-0.39, 0.29) is 18.2 Å². The summed E-state index contributed by atoms with van der Waals surface area (Å²) < 4.78 is 0.